The van der Waals surface area contributed by atoms with Crippen molar-refractivity contribution in [1.82, 2.24) is 10.3 Å². The molecule has 0 spiro atoms. The number of hydrogen-bond donors (Lipinski definition) is 2. The Morgan fingerprint density at radius 2 is 1.68 bits per heavy atom. The van der Waals surface area contributed by atoms with E-state index in [9.17, 15) is 19.5 Å². The first-order valence-corrected chi connectivity index (χ1v) is 14.2. The third-order valence-corrected chi connectivity index (χ3v) is 7.17. The van der Waals surface area contributed by atoms with Crippen molar-refractivity contribution in [2.24, 2.45) is 0 Å². The summed E-state index contributed by atoms with van der Waals surface area (Å²) in [5, 5.41) is 12.3. The highest BCUT2D eigenvalue weighted by Gasteiger charge is 2.22. The van der Waals surface area contributed by atoms with Crippen LogP contribution in [-0.2, 0) is 4.79 Å². The molecule has 202 valence electrons. The Morgan fingerprint density at radius 1 is 0.925 bits per heavy atom. The number of aliphatic carboxylic acids is 1. The molecule has 0 fully saturated rings. The molecule has 0 saturated heterocycles. The zero-order chi connectivity index (χ0) is 28.5. The van der Waals surface area contributed by atoms with Crippen LogP contribution in [0, 0.1) is 6.92 Å². The molecule has 3 aromatic carbocycles. The molecule has 0 aliphatic rings. The summed E-state index contributed by atoms with van der Waals surface area (Å²) in [5.74, 6) is -0.971. The predicted molar refractivity (Wildman–Crippen MR) is 162 cm³/mol. The van der Waals surface area contributed by atoms with Crippen molar-refractivity contribution in [3.8, 4) is 11.1 Å². The molecular formula is C33H30N2O4S. The van der Waals surface area contributed by atoms with Gasteiger partial charge in [-0.05, 0) is 65.8 Å². The van der Waals surface area contributed by atoms with Crippen LogP contribution in [0.25, 0.3) is 23.3 Å². The van der Waals surface area contributed by atoms with Gasteiger partial charge in [-0.2, -0.15) is 11.8 Å². The maximum atomic E-state index is 13.3. The largest absolute Gasteiger partial charge is 0.480 e. The van der Waals surface area contributed by atoms with Crippen molar-refractivity contribution in [3.63, 3.8) is 0 Å². The number of carbonyl (C=O) groups excluding carboxylic acids is 2. The molecule has 6 nitrogen and oxygen atoms in total. The quantitative estimate of drug-likeness (QED) is 0.210. The number of benzene rings is 3. The van der Waals surface area contributed by atoms with E-state index < -0.39 is 17.9 Å². The lowest BCUT2D eigenvalue weighted by Gasteiger charge is -2.17. The van der Waals surface area contributed by atoms with Crippen LogP contribution < -0.4 is 5.32 Å². The molecule has 1 heterocycles. The van der Waals surface area contributed by atoms with Crippen LogP contribution in [0.1, 0.15) is 49.4 Å². The van der Waals surface area contributed by atoms with Gasteiger partial charge in [-0.3, -0.25) is 14.6 Å². The van der Waals surface area contributed by atoms with Crippen molar-refractivity contribution in [2.75, 3.05) is 12.0 Å². The second-order valence-corrected chi connectivity index (χ2v) is 10.2. The van der Waals surface area contributed by atoms with Gasteiger partial charge in [-0.15, -0.1) is 0 Å². The Hall–Kier alpha value is -4.49. The molecule has 1 unspecified atom stereocenters. The van der Waals surface area contributed by atoms with Gasteiger partial charge in [0.1, 0.15) is 6.04 Å². The molecule has 0 bridgehead atoms. The van der Waals surface area contributed by atoms with Crippen LogP contribution in [-0.4, -0.2) is 45.8 Å². The Morgan fingerprint density at radius 3 is 2.40 bits per heavy atom. The number of pyridine rings is 1. The topological polar surface area (TPSA) is 96.4 Å². The first-order chi connectivity index (χ1) is 19.4. The van der Waals surface area contributed by atoms with Gasteiger partial charge in [-0.1, -0.05) is 72.8 Å². The fourth-order valence-electron chi connectivity index (χ4n) is 4.37. The number of carboxylic acid groups (broad SMARTS) is 1. The smallest absolute Gasteiger partial charge is 0.326 e. The maximum Gasteiger partial charge on any atom is 0.326 e. The van der Waals surface area contributed by atoms with Crippen LogP contribution in [0.15, 0.2) is 91.3 Å². The van der Waals surface area contributed by atoms with E-state index in [1.165, 1.54) is 11.8 Å². The molecule has 40 heavy (non-hydrogen) atoms. The first-order valence-electron chi connectivity index (χ1n) is 12.8. The number of hydrogen-bond acceptors (Lipinski definition) is 5. The van der Waals surface area contributed by atoms with E-state index in [0.717, 1.165) is 16.7 Å². The molecule has 1 atom stereocenters. The van der Waals surface area contributed by atoms with Crippen LogP contribution in [0.4, 0.5) is 0 Å². The first kappa shape index (κ1) is 28.5. The van der Waals surface area contributed by atoms with E-state index >= 15 is 0 Å². The number of carboxylic acids is 1. The van der Waals surface area contributed by atoms with E-state index in [0.29, 0.717) is 40.0 Å². The normalized spacial score (nSPS) is 11.8. The highest BCUT2D eigenvalue weighted by atomic mass is 32.2. The Labute approximate surface area is 238 Å². The number of carbonyl (C=O) groups is 3. The Bertz CT molecular complexity index is 1550. The van der Waals surface area contributed by atoms with Crippen LogP contribution in [0.5, 0.6) is 0 Å². The van der Waals surface area contributed by atoms with Crippen LogP contribution in [0.2, 0.25) is 0 Å². The number of amides is 1. The third kappa shape index (κ3) is 6.93. The zero-order valence-corrected chi connectivity index (χ0v) is 23.2. The van der Waals surface area contributed by atoms with Gasteiger partial charge in [0.25, 0.3) is 5.91 Å². The summed E-state index contributed by atoms with van der Waals surface area (Å²) in [5.41, 5.74) is 5.57. The van der Waals surface area contributed by atoms with Crippen molar-refractivity contribution in [1.29, 1.82) is 0 Å². The SMILES string of the molecule is CSCCC(NC(=O)c1ccc(/C=C/c2cnccc2C(=O)c2ccccc2)cc1-c1ccccc1C)C(=O)O. The van der Waals surface area contributed by atoms with Gasteiger partial charge in [0.15, 0.2) is 5.78 Å². The molecule has 4 aromatic rings. The number of nitrogens with zero attached hydrogens (tertiary/aromatic N) is 1. The lowest BCUT2D eigenvalue weighted by molar-refractivity contribution is -0.139. The summed E-state index contributed by atoms with van der Waals surface area (Å²) >= 11 is 1.53. The Kier molecular flexibility index (Phi) is 9.65. The number of ketones is 1. The van der Waals surface area contributed by atoms with E-state index in [-0.39, 0.29) is 5.78 Å². The van der Waals surface area contributed by atoms with Gasteiger partial charge in [0, 0.05) is 34.6 Å². The van der Waals surface area contributed by atoms with Gasteiger partial charge in [0.2, 0.25) is 0 Å². The number of aryl methyl sites for hydroxylation is 1. The van der Waals surface area contributed by atoms with Crippen molar-refractivity contribution in [2.45, 2.75) is 19.4 Å². The van der Waals surface area contributed by atoms with E-state index in [4.69, 9.17) is 0 Å². The van der Waals surface area contributed by atoms with Gasteiger partial charge in [-0.25, -0.2) is 4.79 Å². The summed E-state index contributed by atoms with van der Waals surface area (Å²) in [6, 6.07) is 23.0. The highest BCUT2D eigenvalue weighted by Crippen LogP contribution is 2.29. The van der Waals surface area contributed by atoms with Gasteiger partial charge >= 0.3 is 5.97 Å². The number of nitrogens with one attached hydrogen (secondary N) is 1. The zero-order valence-electron chi connectivity index (χ0n) is 22.3. The summed E-state index contributed by atoms with van der Waals surface area (Å²) in [6.45, 7) is 1.97. The molecule has 0 saturated carbocycles. The molecule has 1 amide bonds. The molecule has 4 rings (SSSR count). The Balaban J connectivity index is 1.70. The highest BCUT2D eigenvalue weighted by molar-refractivity contribution is 7.98. The van der Waals surface area contributed by atoms with Crippen molar-refractivity contribution < 1.29 is 19.5 Å². The van der Waals surface area contributed by atoms with Gasteiger partial charge < -0.3 is 10.4 Å². The van der Waals surface area contributed by atoms with Crippen LogP contribution in [0.3, 0.4) is 0 Å². The number of aromatic nitrogens is 1. The molecule has 7 heteroatoms. The molecule has 0 radical (unpaired) electrons. The molecule has 1 aromatic heterocycles. The number of rotatable bonds is 11. The molecule has 0 aliphatic carbocycles. The average Bonchev–Trinajstić information content (AvgIpc) is 2.98. The second kappa shape index (κ2) is 13.5. The fraction of sp³-hybridized carbons (Fsp3) is 0.152. The van der Waals surface area contributed by atoms with E-state index in [1.807, 2.05) is 73.9 Å². The summed E-state index contributed by atoms with van der Waals surface area (Å²) in [7, 11) is 0. The van der Waals surface area contributed by atoms with E-state index in [1.54, 1.807) is 42.7 Å². The third-order valence-electron chi connectivity index (χ3n) is 6.53. The van der Waals surface area contributed by atoms with Gasteiger partial charge in [0.05, 0.1) is 0 Å². The average molecular weight is 551 g/mol. The van der Waals surface area contributed by atoms with Crippen molar-refractivity contribution >= 4 is 41.6 Å². The summed E-state index contributed by atoms with van der Waals surface area (Å²) < 4.78 is 0. The molecular weight excluding hydrogens is 520 g/mol. The van der Waals surface area contributed by atoms with Crippen molar-refractivity contribution in [3.05, 3.63) is 125 Å². The minimum absolute atomic E-state index is 0.0928. The fourth-order valence-corrected chi connectivity index (χ4v) is 4.84. The predicted octanol–water partition coefficient (Wildman–Crippen LogP) is 6.39. The summed E-state index contributed by atoms with van der Waals surface area (Å²) in [6.07, 6.45) is 9.19. The minimum atomic E-state index is -1.06. The lowest BCUT2D eigenvalue weighted by Crippen LogP contribution is -2.41. The monoisotopic (exact) mass is 550 g/mol. The summed E-state index contributed by atoms with van der Waals surface area (Å²) in [4.78, 5) is 42.4. The lowest BCUT2D eigenvalue weighted by atomic mass is 9.93. The van der Waals surface area contributed by atoms with E-state index in [2.05, 4.69) is 10.3 Å². The molecule has 0 aliphatic heterocycles. The second-order valence-electron chi connectivity index (χ2n) is 9.26. The number of thioether (sulfide) groups is 1. The standard InChI is InChI=1S/C33H30N2O4S/c1-22-8-6-7-11-26(22)29-20-23(13-15-28(29)32(37)35-30(33(38)39)17-19-40-2)12-14-25-21-34-18-16-27(25)31(36)24-9-4-3-5-10-24/h3-16,18,20-21,30H,17,19H2,1-2H3,(H,35,37)(H,38,39)/b14-12+. The molecule has 2 N–H and O–H groups in total. The minimum Gasteiger partial charge on any atom is -0.480 e. The van der Waals surface area contributed by atoms with Crippen LogP contribution >= 0.6 is 11.8 Å². The maximum absolute atomic E-state index is 13.3.